The van der Waals surface area contributed by atoms with Crippen LogP contribution in [0, 0.1) is 0 Å². The molecule has 2 heterocycles. The number of aryl methyl sites for hydroxylation is 1. The summed E-state index contributed by atoms with van der Waals surface area (Å²) in [5.74, 6) is 0.910. The number of halogens is 3. The van der Waals surface area contributed by atoms with Gasteiger partial charge in [-0.25, -0.2) is 0 Å². The van der Waals surface area contributed by atoms with Gasteiger partial charge in [0.05, 0.1) is 12.1 Å². The molecule has 0 atom stereocenters. The summed E-state index contributed by atoms with van der Waals surface area (Å²) < 4.78 is 39.7. The molecule has 23 heavy (non-hydrogen) atoms. The molecule has 0 radical (unpaired) electrons. The Hall–Kier alpha value is -2.09. The lowest BCUT2D eigenvalue weighted by Crippen LogP contribution is -2.46. The maximum absolute atomic E-state index is 12.6. The minimum absolute atomic E-state index is 0.609. The van der Waals surface area contributed by atoms with E-state index in [0.29, 0.717) is 0 Å². The lowest BCUT2D eigenvalue weighted by molar-refractivity contribution is -0.137. The van der Waals surface area contributed by atoms with Gasteiger partial charge in [0.2, 0.25) is 0 Å². The maximum Gasteiger partial charge on any atom is 0.416 e. The summed E-state index contributed by atoms with van der Waals surface area (Å²) in [6.45, 7) is 3.98. The van der Waals surface area contributed by atoms with E-state index in [1.54, 1.807) is 18.5 Å². The van der Waals surface area contributed by atoms with Gasteiger partial charge in [-0.05, 0) is 24.3 Å². The Bertz CT molecular complexity index is 642. The van der Waals surface area contributed by atoms with Crippen LogP contribution in [0.5, 0.6) is 0 Å². The molecule has 3 rings (SSSR count). The van der Waals surface area contributed by atoms with Crippen LogP contribution < -0.4 is 4.90 Å². The number of aromatic nitrogens is 3. The van der Waals surface area contributed by atoms with Crippen LogP contribution >= 0.6 is 0 Å². The summed E-state index contributed by atoms with van der Waals surface area (Å²) >= 11 is 0. The van der Waals surface area contributed by atoms with Crippen molar-refractivity contribution in [3.63, 3.8) is 0 Å². The van der Waals surface area contributed by atoms with Crippen LogP contribution in [0.3, 0.4) is 0 Å². The minimum Gasteiger partial charge on any atom is -0.369 e. The number of nitrogens with zero attached hydrogens (tertiary/aromatic N) is 5. The highest BCUT2D eigenvalue weighted by Gasteiger charge is 2.30. The molecule has 5 nitrogen and oxygen atoms in total. The van der Waals surface area contributed by atoms with Crippen molar-refractivity contribution in [1.29, 1.82) is 0 Å². The monoisotopic (exact) mass is 325 g/mol. The van der Waals surface area contributed by atoms with E-state index in [4.69, 9.17) is 0 Å². The van der Waals surface area contributed by atoms with Crippen molar-refractivity contribution in [3.8, 4) is 0 Å². The number of anilines is 1. The molecule has 0 spiro atoms. The van der Waals surface area contributed by atoms with Crippen LogP contribution in [0.4, 0.5) is 18.9 Å². The zero-order chi connectivity index (χ0) is 16.4. The molecule has 1 aliphatic heterocycles. The normalized spacial score (nSPS) is 16.8. The molecule has 0 amide bonds. The quantitative estimate of drug-likeness (QED) is 0.867. The van der Waals surface area contributed by atoms with E-state index in [9.17, 15) is 13.2 Å². The minimum atomic E-state index is -4.28. The third-order valence-corrected chi connectivity index (χ3v) is 4.10. The van der Waals surface area contributed by atoms with E-state index in [1.807, 2.05) is 11.6 Å². The van der Waals surface area contributed by atoms with Crippen molar-refractivity contribution in [3.05, 3.63) is 42.0 Å². The Labute approximate surface area is 132 Å². The van der Waals surface area contributed by atoms with E-state index in [2.05, 4.69) is 20.0 Å². The summed E-state index contributed by atoms with van der Waals surface area (Å²) in [7, 11) is 1.91. The molecule has 0 N–H and O–H groups in total. The second-order valence-electron chi connectivity index (χ2n) is 5.67. The van der Waals surface area contributed by atoms with Gasteiger partial charge in [-0.1, -0.05) is 0 Å². The summed E-state index contributed by atoms with van der Waals surface area (Å²) in [6.07, 6.45) is -2.61. The van der Waals surface area contributed by atoms with Gasteiger partial charge in [-0.3, -0.25) is 4.90 Å². The SMILES string of the molecule is Cn1cnnc1CN1CCN(c2ccc(C(F)(F)F)cc2)CC1. The van der Waals surface area contributed by atoms with Crippen LogP contribution in [-0.2, 0) is 19.8 Å². The molecule has 2 aromatic rings. The first kappa shape index (κ1) is 15.8. The van der Waals surface area contributed by atoms with Crippen LogP contribution in [0.2, 0.25) is 0 Å². The fourth-order valence-corrected chi connectivity index (χ4v) is 2.68. The Morgan fingerprint density at radius 1 is 1.04 bits per heavy atom. The van der Waals surface area contributed by atoms with E-state index in [-0.39, 0.29) is 0 Å². The first-order valence-corrected chi connectivity index (χ1v) is 7.41. The molecule has 8 heteroatoms. The van der Waals surface area contributed by atoms with Gasteiger partial charge < -0.3 is 9.47 Å². The molecule has 0 aliphatic carbocycles. The maximum atomic E-state index is 12.6. The summed E-state index contributed by atoms with van der Waals surface area (Å²) in [5, 5.41) is 7.93. The second-order valence-corrected chi connectivity index (χ2v) is 5.67. The van der Waals surface area contributed by atoms with E-state index < -0.39 is 11.7 Å². The van der Waals surface area contributed by atoms with Crippen molar-refractivity contribution in [2.24, 2.45) is 7.05 Å². The molecule has 1 aromatic carbocycles. The zero-order valence-corrected chi connectivity index (χ0v) is 12.8. The Balaban J connectivity index is 1.57. The van der Waals surface area contributed by atoms with Crippen molar-refractivity contribution in [2.75, 3.05) is 31.1 Å². The van der Waals surface area contributed by atoms with Crippen molar-refractivity contribution >= 4 is 5.69 Å². The summed E-state index contributed by atoms with van der Waals surface area (Å²) in [4.78, 5) is 4.37. The molecule has 0 bridgehead atoms. The largest absolute Gasteiger partial charge is 0.416 e. The number of piperazine rings is 1. The molecule has 1 saturated heterocycles. The van der Waals surface area contributed by atoms with Gasteiger partial charge in [0.25, 0.3) is 0 Å². The number of hydrogen-bond acceptors (Lipinski definition) is 4. The zero-order valence-electron chi connectivity index (χ0n) is 12.8. The van der Waals surface area contributed by atoms with Gasteiger partial charge in [-0.15, -0.1) is 10.2 Å². The molecular formula is C15H18F3N5. The van der Waals surface area contributed by atoms with Gasteiger partial charge in [-0.2, -0.15) is 13.2 Å². The second kappa shape index (κ2) is 6.19. The molecule has 1 aliphatic rings. The predicted octanol–water partition coefficient (Wildman–Crippen LogP) is 2.16. The Kier molecular flexibility index (Phi) is 4.25. The summed E-state index contributed by atoms with van der Waals surface area (Å²) in [6, 6.07) is 5.37. The van der Waals surface area contributed by atoms with Crippen molar-refractivity contribution < 1.29 is 13.2 Å². The van der Waals surface area contributed by atoms with Crippen LogP contribution in [0.15, 0.2) is 30.6 Å². The fraction of sp³-hybridized carbons (Fsp3) is 0.467. The number of hydrogen-bond donors (Lipinski definition) is 0. The fourth-order valence-electron chi connectivity index (χ4n) is 2.68. The lowest BCUT2D eigenvalue weighted by atomic mass is 10.1. The number of alkyl halides is 3. The van der Waals surface area contributed by atoms with Gasteiger partial charge >= 0.3 is 6.18 Å². The van der Waals surface area contributed by atoms with E-state index in [1.165, 1.54) is 0 Å². The number of rotatable bonds is 3. The van der Waals surface area contributed by atoms with Crippen LogP contribution in [-0.4, -0.2) is 45.8 Å². The number of benzene rings is 1. The van der Waals surface area contributed by atoms with E-state index >= 15 is 0 Å². The van der Waals surface area contributed by atoms with Crippen molar-refractivity contribution in [2.45, 2.75) is 12.7 Å². The topological polar surface area (TPSA) is 37.2 Å². The van der Waals surface area contributed by atoms with Crippen LogP contribution in [0.1, 0.15) is 11.4 Å². The van der Waals surface area contributed by atoms with Crippen LogP contribution in [0.25, 0.3) is 0 Å². The standard InChI is InChI=1S/C15H18F3N5/c1-21-11-19-20-14(21)10-22-6-8-23(9-7-22)13-4-2-12(3-5-13)15(16,17)18/h2-5,11H,6-10H2,1H3. The average molecular weight is 325 g/mol. The molecular weight excluding hydrogens is 307 g/mol. The molecule has 0 unspecified atom stereocenters. The average Bonchev–Trinajstić information content (AvgIpc) is 2.93. The van der Waals surface area contributed by atoms with Gasteiger partial charge in [0, 0.05) is 38.9 Å². The Morgan fingerprint density at radius 3 is 2.22 bits per heavy atom. The first-order valence-electron chi connectivity index (χ1n) is 7.41. The van der Waals surface area contributed by atoms with E-state index in [0.717, 1.165) is 56.4 Å². The predicted molar refractivity (Wildman–Crippen MR) is 79.9 cm³/mol. The first-order chi connectivity index (χ1) is 10.9. The molecule has 1 aromatic heterocycles. The summed E-state index contributed by atoms with van der Waals surface area (Å²) in [5.41, 5.74) is 0.221. The third kappa shape index (κ3) is 3.64. The third-order valence-electron chi connectivity index (χ3n) is 4.10. The smallest absolute Gasteiger partial charge is 0.369 e. The van der Waals surface area contributed by atoms with Crippen molar-refractivity contribution in [1.82, 2.24) is 19.7 Å². The van der Waals surface area contributed by atoms with Gasteiger partial charge in [0.15, 0.2) is 0 Å². The Morgan fingerprint density at radius 2 is 1.70 bits per heavy atom. The highest BCUT2D eigenvalue weighted by molar-refractivity contribution is 5.48. The molecule has 1 fully saturated rings. The molecule has 124 valence electrons. The van der Waals surface area contributed by atoms with Gasteiger partial charge in [0.1, 0.15) is 12.2 Å². The molecule has 0 saturated carbocycles. The highest BCUT2D eigenvalue weighted by atomic mass is 19.4. The highest BCUT2D eigenvalue weighted by Crippen LogP contribution is 2.30. The lowest BCUT2D eigenvalue weighted by Gasteiger charge is -2.35.